The Labute approximate surface area is 101 Å². The number of nitrogens with zero attached hydrogens (tertiary/aromatic N) is 3. The van der Waals surface area contributed by atoms with Crippen molar-refractivity contribution in [3.05, 3.63) is 11.9 Å². The largest absolute Gasteiger partial charge is 0.317 e. The molecule has 0 radical (unpaired) electrons. The van der Waals surface area contributed by atoms with E-state index in [-0.39, 0.29) is 11.0 Å². The smallest absolute Gasteiger partial charge is 0.227 e. The first-order chi connectivity index (χ1) is 7.36. The lowest BCUT2D eigenvalue weighted by Gasteiger charge is -2.13. The minimum Gasteiger partial charge on any atom is -0.317 e. The van der Waals surface area contributed by atoms with Gasteiger partial charge in [-0.2, -0.15) is 0 Å². The third kappa shape index (κ3) is 3.20. The molecule has 0 spiro atoms. The van der Waals surface area contributed by atoms with E-state index in [1.165, 1.54) is 6.20 Å². The molecule has 0 aromatic carbocycles. The van der Waals surface area contributed by atoms with E-state index < -0.39 is 9.84 Å². The summed E-state index contributed by atoms with van der Waals surface area (Å²) < 4.78 is 24.6. The molecule has 1 rings (SSSR count). The molecular formula is C9H16ClN3O2S. The Hall–Kier alpha value is -0.590. The normalized spacial score (nSPS) is 12.3. The highest BCUT2D eigenvalue weighted by Crippen LogP contribution is 2.13. The molecule has 0 atom stereocenters. The van der Waals surface area contributed by atoms with Gasteiger partial charge in [0, 0.05) is 19.3 Å². The Kier molecular flexibility index (Phi) is 4.35. The summed E-state index contributed by atoms with van der Waals surface area (Å²) in [6.45, 7) is 1.31. The lowest BCUT2D eigenvalue weighted by molar-refractivity contribution is 0.372. The number of hydrogen-bond acceptors (Lipinski definition) is 4. The lowest BCUT2D eigenvalue weighted by atomic mass is 10.5. The number of hydrogen-bond donors (Lipinski definition) is 0. The molecule has 0 fully saturated rings. The molecular weight excluding hydrogens is 250 g/mol. The van der Waals surface area contributed by atoms with Gasteiger partial charge in [-0.25, -0.2) is 13.4 Å². The van der Waals surface area contributed by atoms with Gasteiger partial charge >= 0.3 is 0 Å². The monoisotopic (exact) mass is 265 g/mol. The summed E-state index contributed by atoms with van der Waals surface area (Å²) >= 11 is 5.74. The zero-order valence-electron chi connectivity index (χ0n) is 9.64. The molecule has 92 valence electrons. The van der Waals surface area contributed by atoms with Gasteiger partial charge in [-0.05, 0) is 14.1 Å². The molecule has 1 aromatic rings. The SMILES string of the molecule is CN(C)CCn1c(CCl)cnc1S(C)(=O)=O. The van der Waals surface area contributed by atoms with E-state index in [2.05, 4.69) is 4.98 Å². The molecule has 5 nitrogen and oxygen atoms in total. The fourth-order valence-corrected chi connectivity index (χ4v) is 2.40. The fraction of sp³-hybridized carbons (Fsp3) is 0.667. The summed E-state index contributed by atoms with van der Waals surface area (Å²) in [5.41, 5.74) is 0.726. The maximum Gasteiger partial charge on any atom is 0.227 e. The number of imidazole rings is 1. The summed E-state index contributed by atoms with van der Waals surface area (Å²) in [6.07, 6.45) is 2.67. The van der Waals surface area contributed by atoms with Crippen LogP contribution in [0.25, 0.3) is 0 Å². The molecule has 0 saturated carbocycles. The summed E-state index contributed by atoms with van der Waals surface area (Å²) in [5, 5.41) is 0.0880. The van der Waals surface area contributed by atoms with Crippen LogP contribution in [0.15, 0.2) is 11.4 Å². The van der Waals surface area contributed by atoms with Crippen molar-refractivity contribution in [1.82, 2.24) is 14.5 Å². The van der Waals surface area contributed by atoms with E-state index in [4.69, 9.17) is 11.6 Å². The first-order valence-corrected chi connectivity index (χ1v) is 7.24. The number of alkyl halides is 1. The van der Waals surface area contributed by atoms with E-state index in [1.807, 2.05) is 19.0 Å². The molecule has 0 aliphatic carbocycles. The maximum atomic E-state index is 11.5. The standard InChI is InChI=1S/C9H16ClN3O2S/c1-12(2)4-5-13-8(6-10)7-11-9(13)16(3,14)15/h7H,4-6H2,1-3H3. The van der Waals surface area contributed by atoms with Crippen LogP contribution in [0.1, 0.15) is 5.69 Å². The van der Waals surface area contributed by atoms with Crippen LogP contribution in [-0.2, 0) is 22.3 Å². The first-order valence-electron chi connectivity index (χ1n) is 4.81. The minimum atomic E-state index is -3.30. The third-order valence-corrected chi connectivity index (χ3v) is 3.40. The highest BCUT2D eigenvalue weighted by molar-refractivity contribution is 7.90. The Morgan fingerprint density at radius 2 is 2.12 bits per heavy atom. The van der Waals surface area contributed by atoms with Crippen molar-refractivity contribution < 1.29 is 8.42 Å². The average Bonchev–Trinajstić information content (AvgIpc) is 2.56. The molecule has 16 heavy (non-hydrogen) atoms. The van der Waals surface area contributed by atoms with Crippen LogP contribution in [0.2, 0.25) is 0 Å². The van der Waals surface area contributed by atoms with Crippen molar-refractivity contribution in [1.29, 1.82) is 0 Å². The first kappa shape index (κ1) is 13.5. The highest BCUT2D eigenvalue weighted by atomic mass is 35.5. The van der Waals surface area contributed by atoms with Crippen LogP contribution in [0.5, 0.6) is 0 Å². The molecule has 0 N–H and O–H groups in total. The van der Waals surface area contributed by atoms with Crippen molar-refractivity contribution in [3.8, 4) is 0 Å². The molecule has 0 aliphatic rings. The fourth-order valence-electron chi connectivity index (χ4n) is 1.33. The van der Waals surface area contributed by atoms with E-state index in [1.54, 1.807) is 4.57 Å². The topological polar surface area (TPSA) is 55.2 Å². The van der Waals surface area contributed by atoms with E-state index in [0.717, 1.165) is 18.5 Å². The Morgan fingerprint density at radius 3 is 2.56 bits per heavy atom. The van der Waals surface area contributed by atoms with Gasteiger partial charge in [0.25, 0.3) is 0 Å². The van der Waals surface area contributed by atoms with Gasteiger partial charge in [-0.1, -0.05) is 0 Å². The van der Waals surface area contributed by atoms with Crippen molar-refractivity contribution in [2.24, 2.45) is 0 Å². The zero-order valence-corrected chi connectivity index (χ0v) is 11.2. The predicted molar refractivity (Wildman–Crippen MR) is 63.4 cm³/mol. The summed E-state index contributed by atoms with van der Waals surface area (Å²) in [5.74, 6) is 0.260. The maximum absolute atomic E-state index is 11.5. The van der Waals surface area contributed by atoms with Crippen molar-refractivity contribution in [2.45, 2.75) is 17.6 Å². The quantitative estimate of drug-likeness (QED) is 0.731. The van der Waals surface area contributed by atoms with Crippen molar-refractivity contribution >= 4 is 21.4 Å². The van der Waals surface area contributed by atoms with E-state index >= 15 is 0 Å². The Bertz CT molecular complexity index is 453. The van der Waals surface area contributed by atoms with Gasteiger partial charge in [0.2, 0.25) is 15.0 Å². The van der Waals surface area contributed by atoms with Gasteiger partial charge in [0.1, 0.15) is 0 Å². The van der Waals surface area contributed by atoms with E-state index in [9.17, 15) is 8.42 Å². The second kappa shape index (κ2) is 5.16. The molecule has 0 saturated heterocycles. The van der Waals surface area contributed by atoms with Gasteiger partial charge in [0.05, 0.1) is 17.8 Å². The Morgan fingerprint density at radius 1 is 1.50 bits per heavy atom. The Balaban J connectivity index is 3.07. The average molecular weight is 266 g/mol. The zero-order chi connectivity index (χ0) is 12.3. The number of halogens is 1. The number of rotatable bonds is 5. The number of likely N-dealkylation sites (N-methyl/N-ethyl adjacent to an activating group) is 1. The summed E-state index contributed by atoms with van der Waals surface area (Å²) in [4.78, 5) is 5.88. The second-order valence-electron chi connectivity index (χ2n) is 3.89. The van der Waals surface area contributed by atoms with Crippen LogP contribution < -0.4 is 0 Å². The predicted octanol–water partition coefficient (Wildman–Crippen LogP) is 0.587. The molecule has 7 heteroatoms. The molecule has 0 bridgehead atoms. The van der Waals surface area contributed by atoms with Gasteiger partial charge in [-0.3, -0.25) is 0 Å². The molecule has 1 aromatic heterocycles. The summed E-state index contributed by atoms with van der Waals surface area (Å²) in [6, 6.07) is 0. The third-order valence-electron chi connectivity index (χ3n) is 2.14. The highest BCUT2D eigenvalue weighted by Gasteiger charge is 2.18. The van der Waals surface area contributed by atoms with E-state index in [0.29, 0.717) is 6.54 Å². The van der Waals surface area contributed by atoms with Crippen molar-refractivity contribution in [2.75, 3.05) is 26.9 Å². The van der Waals surface area contributed by atoms with Crippen LogP contribution in [-0.4, -0.2) is 49.8 Å². The number of sulfone groups is 1. The van der Waals surface area contributed by atoms with Crippen LogP contribution in [0.4, 0.5) is 0 Å². The van der Waals surface area contributed by atoms with Gasteiger partial charge < -0.3 is 9.47 Å². The van der Waals surface area contributed by atoms with Gasteiger partial charge in [0.15, 0.2) is 0 Å². The molecule has 0 aliphatic heterocycles. The van der Waals surface area contributed by atoms with Gasteiger partial charge in [-0.15, -0.1) is 11.6 Å². The summed E-state index contributed by atoms with van der Waals surface area (Å²) in [7, 11) is 0.560. The minimum absolute atomic E-state index is 0.0880. The molecule has 0 amide bonds. The van der Waals surface area contributed by atoms with Crippen molar-refractivity contribution in [3.63, 3.8) is 0 Å². The second-order valence-corrected chi connectivity index (χ2v) is 6.07. The van der Waals surface area contributed by atoms with Crippen LogP contribution >= 0.6 is 11.6 Å². The van der Waals surface area contributed by atoms with Crippen LogP contribution in [0.3, 0.4) is 0 Å². The lowest BCUT2D eigenvalue weighted by Crippen LogP contribution is -2.21. The number of aromatic nitrogens is 2. The van der Waals surface area contributed by atoms with Crippen LogP contribution in [0, 0.1) is 0 Å². The molecule has 0 unspecified atom stereocenters. The molecule has 1 heterocycles.